The number of H-pyrrole nitrogens is 1. The number of piperazine rings is 1. The van der Waals surface area contributed by atoms with Crippen molar-refractivity contribution in [1.29, 1.82) is 0 Å². The summed E-state index contributed by atoms with van der Waals surface area (Å²) in [4.78, 5) is 20.6. The molecule has 146 valence electrons. The minimum Gasteiger partial charge on any atom is -0.493 e. The molecule has 0 radical (unpaired) electrons. The maximum Gasteiger partial charge on any atom is 0.252 e. The van der Waals surface area contributed by atoms with Gasteiger partial charge in [-0.05, 0) is 25.5 Å². The van der Waals surface area contributed by atoms with Crippen LogP contribution in [0.1, 0.15) is 18.4 Å². The minimum absolute atomic E-state index is 0.0642. The van der Waals surface area contributed by atoms with Gasteiger partial charge < -0.3 is 19.2 Å². The van der Waals surface area contributed by atoms with E-state index >= 15 is 0 Å². The van der Waals surface area contributed by atoms with Crippen LogP contribution in [0.4, 0.5) is 0 Å². The Morgan fingerprint density at radius 1 is 1.07 bits per heavy atom. The van der Waals surface area contributed by atoms with E-state index in [0.29, 0.717) is 35.4 Å². The van der Waals surface area contributed by atoms with Crippen LogP contribution in [0.2, 0.25) is 0 Å². The second kappa shape index (κ2) is 7.40. The molecule has 0 amide bonds. The molecule has 0 aliphatic carbocycles. The van der Waals surface area contributed by atoms with E-state index in [9.17, 15) is 4.79 Å². The Balaban J connectivity index is 1.69. The molecule has 4 rings (SSSR count). The Kier molecular flexibility index (Phi) is 4.97. The largest absolute Gasteiger partial charge is 0.493 e. The number of aromatic nitrogens is 1. The summed E-state index contributed by atoms with van der Waals surface area (Å²) in [5.41, 5.74) is 1.36. The lowest BCUT2D eigenvalue weighted by Crippen LogP contribution is -2.49. The third kappa shape index (κ3) is 3.26. The lowest BCUT2D eigenvalue weighted by atomic mass is 10.1. The first-order valence-corrected chi connectivity index (χ1v) is 9.46. The van der Waals surface area contributed by atoms with Crippen LogP contribution in [-0.4, -0.2) is 68.3 Å². The van der Waals surface area contributed by atoms with Crippen LogP contribution in [-0.2, 0) is 6.54 Å². The fourth-order valence-corrected chi connectivity index (χ4v) is 4.43. The van der Waals surface area contributed by atoms with Crippen molar-refractivity contribution in [3.63, 3.8) is 0 Å². The fraction of sp³-hybridized carbons (Fsp3) is 0.550. The maximum absolute atomic E-state index is 12.7. The quantitative estimate of drug-likeness (QED) is 0.863. The van der Waals surface area contributed by atoms with E-state index in [-0.39, 0.29) is 5.56 Å². The average Bonchev–Trinajstić information content (AvgIpc) is 3.15. The minimum atomic E-state index is -0.0642. The van der Waals surface area contributed by atoms with Gasteiger partial charge in [0.2, 0.25) is 5.75 Å². The van der Waals surface area contributed by atoms with Crippen molar-refractivity contribution in [3.05, 3.63) is 28.0 Å². The van der Waals surface area contributed by atoms with Crippen LogP contribution in [0.25, 0.3) is 10.9 Å². The number of ether oxygens (including phenoxy) is 3. The summed E-state index contributed by atoms with van der Waals surface area (Å²) in [6.45, 7) is 4.98. The van der Waals surface area contributed by atoms with Gasteiger partial charge in [0, 0.05) is 49.2 Å². The first-order chi connectivity index (χ1) is 13.1. The lowest BCUT2D eigenvalue weighted by Gasteiger charge is -2.37. The molecule has 0 bridgehead atoms. The van der Waals surface area contributed by atoms with Crippen LogP contribution in [0, 0.1) is 0 Å². The van der Waals surface area contributed by atoms with E-state index in [1.807, 2.05) is 6.07 Å². The number of nitrogens with one attached hydrogen (secondary N) is 1. The number of rotatable bonds is 5. The maximum atomic E-state index is 12.7. The van der Waals surface area contributed by atoms with Gasteiger partial charge in [0.15, 0.2) is 11.5 Å². The van der Waals surface area contributed by atoms with E-state index in [1.54, 1.807) is 27.4 Å². The molecule has 2 fully saturated rings. The normalized spacial score (nSPS) is 20.6. The number of aromatic amines is 1. The molecular formula is C20H27N3O4. The Bertz CT molecular complexity index is 895. The van der Waals surface area contributed by atoms with Crippen molar-refractivity contribution in [2.45, 2.75) is 25.4 Å². The van der Waals surface area contributed by atoms with Gasteiger partial charge in [0.25, 0.3) is 5.56 Å². The smallest absolute Gasteiger partial charge is 0.252 e. The van der Waals surface area contributed by atoms with Gasteiger partial charge in [0.05, 0.1) is 26.8 Å². The molecule has 2 aromatic rings. The van der Waals surface area contributed by atoms with Crippen LogP contribution in [0.15, 0.2) is 16.9 Å². The molecule has 0 spiro atoms. The third-order valence-electron chi connectivity index (χ3n) is 5.79. The van der Waals surface area contributed by atoms with Gasteiger partial charge in [-0.3, -0.25) is 14.6 Å². The number of nitrogens with zero attached hydrogens (tertiary/aromatic N) is 2. The van der Waals surface area contributed by atoms with Crippen molar-refractivity contribution >= 4 is 10.9 Å². The Labute approximate surface area is 158 Å². The Morgan fingerprint density at radius 3 is 2.63 bits per heavy atom. The fourth-order valence-electron chi connectivity index (χ4n) is 4.43. The second-order valence-electron chi connectivity index (χ2n) is 7.30. The van der Waals surface area contributed by atoms with Crippen LogP contribution in [0.3, 0.4) is 0 Å². The van der Waals surface area contributed by atoms with Crippen molar-refractivity contribution in [3.8, 4) is 17.2 Å². The van der Waals surface area contributed by atoms with Gasteiger partial charge in [-0.15, -0.1) is 0 Å². The number of methoxy groups -OCH3 is 3. The highest BCUT2D eigenvalue weighted by Crippen LogP contribution is 2.42. The van der Waals surface area contributed by atoms with Crippen molar-refractivity contribution in [1.82, 2.24) is 14.8 Å². The molecule has 1 aromatic heterocycles. The predicted octanol–water partition coefficient (Wildman–Crippen LogP) is 1.83. The van der Waals surface area contributed by atoms with Crippen molar-refractivity contribution in [2.24, 2.45) is 0 Å². The monoisotopic (exact) mass is 373 g/mol. The van der Waals surface area contributed by atoms with Crippen LogP contribution < -0.4 is 19.8 Å². The van der Waals surface area contributed by atoms with E-state index in [4.69, 9.17) is 14.2 Å². The first-order valence-electron chi connectivity index (χ1n) is 9.46. The van der Waals surface area contributed by atoms with Crippen molar-refractivity contribution < 1.29 is 14.2 Å². The molecule has 2 saturated heterocycles. The standard InChI is InChI=1S/C20H27N3O4/c1-25-17-10-16-15(18(26-2)19(17)27-3)9-13(20(24)21-16)11-22-7-8-23-6-4-5-14(23)12-22/h9-10,14H,4-8,11-12H2,1-3H3,(H,21,24)/t14-/m1/s1. The van der Waals surface area contributed by atoms with Gasteiger partial charge in [-0.1, -0.05) is 0 Å². The van der Waals surface area contributed by atoms with E-state index < -0.39 is 0 Å². The average molecular weight is 373 g/mol. The summed E-state index contributed by atoms with van der Waals surface area (Å²) >= 11 is 0. The van der Waals surface area contributed by atoms with Gasteiger partial charge in [0.1, 0.15) is 0 Å². The molecule has 3 heterocycles. The zero-order valence-corrected chi connectivity index (χ0v) is 16.2. The molecule has 0 unspecified atom stereocenters. The zero-order valence-electron chi connectivity index (χ0n) is 16.2. The van der Waals surface area contributed by atoms with Crippen LogP contribution >= 0.6 is 0 Å². The second-order valence-corrected chi connectivity index (χ2v) is 7.30. The molecule has 1 atom stereocenters. The number of benzene rings is 1. The Hall–Kier alpha value is -2.25. The highest BCUT2D eigenvalue weighted by molar-refractivity contribution is 5.90. The predicted molar refractivity (Wildman–Crippen MR) is 104 cm³/mol. The van der Waals surface area contributed by atoms with Gasteiger partial charge in [-0.25, -0.2) is 0 Å². The highest BCUT2D eigenvalue weighted by atomic mass is 16.5. The van der Waals surface area contributed by atoms with Gasteiger partial charge in [-0.2, -0.15) is 0 Å². The number of fused-ring (bicyclic) bond motifs is 2. The number of hydrogen-bond donors (Lipinski definition) is 1. The molecule has 1 N–H and O–H groups in total. The summed E-state index contributed by atoms with van der Waals surface area (Å²) in [5, 5.41) is 0.823. The highest BCUT2D eigenvalue weighted by Gasteiger charge is 2.30. The number of hydrogen-bond acceptors (Lipinski definition) is 6. The van der Waals surface area contributed by atoms with E-state index in [0.717, 1.165) is 30.6 Å². The molecule has 1 aromatic carbocycles. The first kappa shape index (κ1) is 18.1. The van der Waals surface area contributed by atoms with Crippen LogP contribution in [0.5, 0.6) is 17.2 Å². The summed E-state index contributed by atoms with van der Waals surface area (Å²) < 4.78 is 16.4. The van der Waals surface area contributed by atoms with Gasteiger partial charge >= 0.3 is 0 Å². The Morgan fingerprint density at radius 2 is 1.89 bits per heavy atom. The summed E-state index contributed by atoms with van der Waals surface area (Å²) in [6.07, 6.45) is 2.54. The lowest BCUT2D eigenvalue weighted by molar-refractivity contribution is 0.0991. The molecule has 7 heteroatoms. The molecule has 2 aliphatic heterocycles. The van der Waals surface area contributed by atoms with E-state index in [1.165, 1.54) is 19.4 Å². The molecule has 7 nitrogen and oxygen atoms in total. The molecule has 0 saturated carbocycles. The van der Waals surface area contributed by atoms with E-state index in [2.05, 4.69) is 14.8 Å². The molecular weight excluding hydrogens is 346 g/mol. The molecule has 27 heavy (non-hydrogen) atoms. The molecule has 2 aliphatic rings. The van der Waals surface area contributed by atoms with Crippen molar-refractivity contribution in [2.75, 3.05) is 47.5 Å². The summed E-state index contributed by atoms with van der Waals surface area (Å²) in [5.74, 6) is 1.64. The third-order valence-corrected chi connectivity index (χ3v) is 5.79. The topological polar surface area (TPSA) is 67.0 Å². The zero-order chi connectivity index (χ0) is 19.0. The summed E-state index contributed by atoms with van der Waals surface area (Å²) in [6, 6.07) is 4.34. The SMILES string of the molecule is COc1cc2[nH]c(=O)c(CN3CCN4CCC[C@@H]4C3)cc2c(OC)c1OC. The summed E-state index contributed by atoms with van der Waals surface area (Å²) in [7, 11) is 4.75. The number of pyridine rings is 1.